The Morgan fingerprint density at radius 3 is 2.56 bits per heavy atom. The van der Waals surface area contributed by atoms with Crippen LogP contribution in [0.1, 0.15) is 25.7 Å². The van der Waals surface area contributed by atoms with Crippen molar-refractivity contribution in [2.75, 3.05) is 18.5 Å². The standard InChI is InChI=1S/C14H20N2O2/c1-16(12-6-8-13(17)9-7-12)14(18)10-15-11-4-2-3-5-11/h6-9,11,15,17H,2-5,10H2,1H3. The molecule has 2 rings (SSSR count). The van der Waals surface area contributed by atoms with Gasteiger partial charge in [0, 0.05) is 18.8 Å². The van der Waals surface area contributed by atoms with Gasteiger partial charge in [-0.3, -0.25) is 4.79 Å². The van der Waals surface area contributed by atoms with Gasteiger partial charge in [-0.2, -0.15) is 0 Å². The number of nitrogens with one attached hydrogen (secondary N) is 1. The van der Waals surface area contributed by atoms with Gasteiger partial charge in [0.15, 0.2) is 0 Å². The van der Waals surface area contributed by atoms with Gasteiger partial charge >= 0.3 is 0 Å². The summed E-state index contributed by atoms with van der Waals surface area (Å²) in [5, 5.41) is 12.5. The maximum absolute atomic E-state index is 12.0. The molecule has 0 heterocycles. The lowest BCUT2D eigenvalue weighted by Gasteiger charge is -2.19. The first kappa shape index (κ1) is 12.9. The van der Waals surface area contributed by atoms with Crippen molar-refractivity contribution in [3.8, 4) is 5.75 Å². The molecule has 18 heavy (non-hydrogen) atoms. The Bertz CT molecular complexity index is 397. The molecule has 4 heteroatoms. The van der Waals surface area contributed by atoms with Gasteiger partial charge in [0.2, 0.25) is 5.91 Å². The number of hydrogen-bond acceptors (Lipinski definition) is 3. The number of benzene rings is 1. The van der Waals surface area contributed by atoms with Crippen LogP contribution in [0.3, 0.4) is 0 Å². The first-order valence-electron chi connectivity index (χ1n) is 6.46. The molecular weight excluding hydrogens is 228 g/mol. The van der Waals surface area contributed by atoms with Crippen molar-refractivity contribution in [1.82, 2.24) is 5.32 Å². The first-order valence-corrected chi connectivity index (χ1v) is 6.46. The molecule has 1 aromatic rings. The average molecular weight is 248 g/mol. The van der Waals surface area contributed by atoms with Crippen LogP contribution in [0.4, 0.5) is 5.69 Å². The van der Waals surface area contributed by atoms with E-state index in [2.05, 4.69) is 5.32 Å². The highest BCUT2D eigenvalue weighted by atomic mass is 16.3. The van der Waals surface area contributed by atoms with Crippen LogP contribution in [0.5, 0.6) is 5.75 Å². The Morgan fingerprint density at radius 1 is 1.33 bits per heavy atom. The molecule has 0 atom stereocenters. The van der Waals surface area contributed by atoms with Crippen molar-refractivity contribution < 1.29 is 9.90 Å². The lowest BCUT2D eigenvalue weighted by molar-refractivity contribution is -0.117. The van der Waals surface area contributed by atoms with Gasteiger partial charge in [0.25, 0.3) is 0 Å². The highest BCUT2D eigenvalue weighted by Crippen LogP contribution is 2.19. The molecule has 1 saturated carbocycles. The highest BCUT2D eigenvalue weighted by Gasteiger charge is 2.17. The van der Waals surface area contributed by atoms with E-state index < -0.39 is 0 Å². The summed E-state index contributed by atoms with van der Waals surface area (Å²) in [6.07, 6.45) is 4.88. The van der Waals surface area contributed by atoms with Crippen LogP contribution < -0.4 is 10.2 Å². The SMILES string of the molecule is CN(C(=O)CNC1CCCC1)c1ccc(O)cc1. The van der Waals surface area contributed by atoms with Gasteiger partial charge in [-0.25, -0.2) is 0 Å². The van der Waals surface area contributed by atoms with Gasteiger partial charge in [-0.05, 0) is 37.1 Å². The van der Waals surface area contributed by atoms with Crippen molar-refractivity contribution in [2.24, 2.45) is 0 Å². The monoisotopic (exact) mass is 248 g/mol. The minimum atomic E-state index is 0.0487. The van der Waals surface area contributed by atoms with Crippen molar-refractivity contribution in [2.45, 2.75) is 31.7 Å². The number of carbonyl (C=O) groups is 1. The second kappa shape index (κ2) is 5.87. The van der Waals surface area contributed by atoms with Crippen molar-refractivity contribution in [3.63, 3.8) is 0 Å². The average Bonchev–Trinajstić information content (AvgIpc) is 2.89. The van der Waals surface area contributed by atoms with Gasteiger partial charge < -0.3 is 15.3 Å². The Kier molecular flexibility index (Phi) is 4.20. The molecular formula is C14H20N2O2. The fourth-order valence-electron chi connectivity index (χ4n) is 2.30. The Balaban J connectivity index is 1.85. The number of nitrogens with zero attached hydrogens (tertiary/aromatic N) is 1. The largest absolute Gasteiger partial charge is 0.508 e. The number of rotatable bonds is 4. The molecule has 0 saturated heterocycles. The number of amides is 1. The Hall–Kier alpha value is -1.55. The second-order valence-electron chi connectivity index (χ2n) is 4.83. The van der Waals surface area contributed by atoms with E-state index in [1.807, 2.05) is 0 Å². The van der Waals surface area contributed by atoms with Crippen LogP contribution >= 0.6 is 0 Å². The summed E-state index contributed by atoms with van der Waals surface area (Å²) in [6.45, 7) is 0.377. The van der Waals surface area contributed by atoms with Gasteiger partial charge in [0.05, 0.1) is 6.54 Å². The predicted octanol–water partition coefficient (Wildman–Crippen LogP) is 1.89. The molecule has 0 spiro atoms. The number of phenols is 1. The van der Waals surface area contributed by atoms with Crippen LogP contribution in [0, 0.1) is 0 Å². The minimum Gasteiger partial charge on any atom is -0.508 e. The van der Waals surface area contributed by atoms with Crippen molar-refractivity contribution >= 4 is 11.6 Å². The highest BCUT2D eigenvalue weighted by molar-refractivity contribution is 5.94. The van der Waals surface area contributed by atoms with Gasteiger partial charge in [-0.15, -0.1) is 0 Å². The third kappa shape index (κ3) is 3.23. The van der Waals surface area contributed by atoms with E-state index in [4.69, 9.17) is 0 Å². The maximum Gasteiger partial charge on any atom is 0.240 e. The van der Waals surface area contributed by atoms with Crippen LogP contribution in [0.25, 0.3) is 0 Å². The molecule has 0 unspecified atom stereocenters. The van der Waals surface area contributed by atoms with E-state index in [-0.39, 0.29) is 11.7 Å². The Morgan fingerprint density at radius 2 is 1.94 bits per heavy atom. The third-order valence-electron chi connectivity index (χ3n) is 3.51. The van der Waals surface area contributed by atoms with E-state index in [1.54, 1.807) is 36.2 Å². The van der Waals surface area contributed by atoms with Gasteiger partial charge in [0.1, 0.15) is 5.75 Å². The number of anilines is 1. The summed E-state index contributed by atoms with van der Waals surface area (Å²) in [4.78, 5) is 13.6. The van der Waals surface area contributed by atoms with Gasteiger partial charge in [-0.1, -0.05) is 12.8 Å². The molecule has 1 aromatic carbocycles. The van der Waals surface area contributed by atoms with Crippen LogP contribution in [0.2, 0.25) is 0 Å². The summed E-state index contributed by atoms with van der Waals surface area (Å²) < 4.78 is 0. The molecule has 0 aromatic heterocycles. The zero-order chi connectivity index (χ0) is 13.0. The summed E-state index contributed by atoms with van der Waals surface area (Å²) in [5.74, 6) is 0.260. The van der Waals surface area contributed by atoms with Crippen LogP contribution in [-0.4, -0.2) is 30.6 Å². The zero-order valence-electron chi connectivity index (χ0n) is 10.7. The number of carbonyl (C=O) groups excluding carboxylic acids is 1. The van der Waals surface area contributed by atoms with E-state index >= 15 is 0 Å². The number of hydrogen-bond donors (Lipinski definition) is 2. The van der Waals surface area contributed by atoms with E-state index in [0.717, 1.165) is 5.69 Å². The third-order valence-corrected chi connectivity index (χ3v) is 3.51. The fourth-order valence-corrected chi connectivity index (χ4v) is 2.30. The quantitative estimate of drug-likeness (QED) is 0.855. The predicted molar refractivity (Wildman–Crippen MR) is 71.8 cm³/mol. The summed E-state index contributed by atoms with van der Waals surface area (Å²) in [7, 11) is 1.76. The van der Waals surface area contributed by atoms with Crippen molar-refractivity contribution in [3.05, 3.63) is 24.3 Å². The molecule has 1 aliphatic carbocycles. The van der Waals surface area contributed by atoms with Crippen molar-refractivity contribution in [1.29, 1.82) is 0 Å². The van der Waals surface area contributed by atoms with E-state index in [0.29, 0.717) is 12.6 Å². The molecule has 1 amide bonds. The fraction of sp³-hybridized carbons (Fsp3) is 0.500. The Labute approximate surface area is 108 Å². The maximum atomic E-state index is 12.0. The molecule has 0 radical (unpaired) electrons. The second-order valence-corrected chi connectivity index (χ2v) is 4.83. The van der Waals surface area contributed by atoms with Crippen LogP contribution in [-0.2, 0) is 4.79 Å². The molecule has 98 valence electrons. The molecule has 1 fully saturated rings. The summed E-state index contributed by atoms with van der Waals surface area (Å²) in [5.41, 5.74) is 0.797. The molecule has 0 aliphatic heterocycles. The number of aromatic hydroxyl groups is 1. The summed E-state index contributed by atoms with van der Waals surface area (Å²) in [6, 6.07) is 7.15. The zero-order valence-corrected chi connectivity index (χ0v) is 10.7. The normalized spacial score (nSPS) is 15.8. The number of likely N-dealkylation sites (N-methyl/N-ethyl adjacent to an activating group) is 1. The molecule has 2 N–H and O–H groups in total. The molecule has 4 nitrogen and oxygen atoms in total. The summed E-state index contributed by atoms with van der Waals surface area (Å²) >= 11 is 0. The van der Waals surface area contributed by atoms with Crippen LogP contribution in [0.15, 0.2) is 24.3 Å². The minimum absolute atomic E-state index is 0.0487. The molecule has 1 aliphatic rings. The number of phenolic OH excluding ortho intramolecular Hbond substituents is 1. The van der Waals surface area contributed by atoms with E-state index in [9.17, 15) is 9.90 Å². The first-order chi connectivity index (χ1) is 8.66. The topological polar surface area (TPSA) is 52.6 Å². The smallest absolute Gasteiger partial charge is 0.240 e. The lowest BCUT2D eigenvalue weighted by atomic mass is 10.2. The molecule has 0 bridgehead atoms. The van der Waals surface area contributed by atoms with E-state index in [1.165, 1.54) is 25.7 Å². The lowest BCUT2D eigenvalue weighted by Crippen LogP contribution is -2.39.